The Morgan fingerprint density at radius 2 is 2.00 bits per heavy atom. The summed E-state index contributed by atoms with van der Waals surface area (Å²) in [4.78, 5) is 20.8. The van der Waals surface area contributed by atoms with Crippen molar-refractivity contribution in [1.29, 1.82) is 0 Å². The third-order valence-corrected chi connectivity index (χ3v) is 5.22. The van der Waals surface area contributed by atoms with E-state index in [1.165, 1.54) is 12.1 Å². The molecule has 0 amide bonds. The number of aromatic nitrogens is 4. The SMILES string of the molecule is CCC(CO)N=c1nc(Nc2ccc(O)c(C(=O)O)c2)c2n[nH]c(C(C)C)c2n1C(C)C. The second-order valence-electron chi connectivity index (χ2n) is 8.25. The maximum absolute atomic E-state index is 11.4. The highest BCUT2D eigenvalue weighted by atomic mass is 16.4. The molecule has 10 nitrogen and oxygen atoms in total. The second-order valence-corrected chi connectivity index (χ2v) is 8.25. The van der Waals surface area contributed by atoms with Crippen LogP contribution in [0.5, 0.6) is 5.75 Å². The molecule has 1 aromatic carbocycles. The van der Waals surface area contributed by atoms with Gasteiger partial charge in [0.05, 0.1) is 23.9 Å². The molecule has 0 spiro atoms. The lowest BCUT2D eigenvalue weighted by atomic mass is 10.1. The van der Waals surface area contributed by atoms with Gasteiger partial charge in [0.25, 0.3) is 0 Å². The average molecular weight is 443 g/mol. The van der Waals surface area contributed by atoms with Crippen LogP contribution >= 0.6 is 0 Å². The number of anilines is 2. The first-order valence-electron chi connectivity index (χ1n) is 10.7. The minimum Gasteiger partial charge on any atom is -0.507 e. The zero-order chi connectivity index (χ0) is 23.6. The molecule has 2 aromatic heterocycles. The van der Waals surface area contributed by atoms with Crippen LogP contribution in [0, 0.1) is 0 Å². The van der Waals surface area contributed by atoms with Crippen LogP contribution in [0.1, 0.15) is 69.1 Å². The Hall–Kier alpha value is -3.40. The van der Waals surface area contributed by atoms with E-state index in [0.717, 1.165) is 11.2 Å². The molecule has 5 N–H and O–H groups in total. The Kier molecular flexibility index (Phi) is 6.83. The minimum absolute atomic E-state index is 0.0244. The van der Waals surface area contributed by atoms with Crippen LogP contribution in [-0.2, 0) is 0 Å². The molecule has 0 saturated heterocycles. The molecule has 172 valence electrons. The number of nitrogens with zero attached hydrogens (tertiary/aromatic N) is 4. The fraction of sp³-hybridized carbons (Fsp3) is 0.455. The van der Waals surface area contributed by atoms with Crippen LogP contribution in [0.4, 0.5) is 11.5 Å². The van der Waals surface area contributed by atoms with E-state index >= 15 is 0 Å². The molecule has 0 aliphatic heterocycles. The van der Waals surface area contributed by atoms with Crippen molar-refractivity contribution in [1.82, 2.24) is 19.7 Å². The smallest absolute Gasteiger partial charge is 0.339 e. The van der Waals surface area contributed by atoms with E-state index in [0.29, 0.717) is 29.1 Å². The van der Waals surface area contributed by atoms with Gasteiger partial charge in [-0.25, -0.2) is 9.79 Å². The number of aliphatic hydroxyl groups excluding tert-OH is 1. The maximum Gasteiger partial charge on any atom is 0.339 e. The number of carboxylic acid groups (broad SMARTS) is 1. The van der Waals surface area contributed by atoms with E-state index in [-0.39, 0.29) is 35.9 Å². The Labute approximate surface area is 185 Å². The van der Waals surface area contributed by atoms with Gasteiger partial charge in [-0.05, 0) is 44.4 Å². The van der Waals surface area contributed by atoms with Gasteiger partial charge < -0.3 is 25.2 Å². The largest absolute Gasteiger partial charge is 0.507 e. The molecule has 1 atom stereocenters. The summed E-state index contributed by atoms with van der Waals surface area (Å²) >= 11 is 0. The third kappa shape index (κ3) is 4.45. The highest BCUT2D eigenvalue weighted by Gasteiger charge is 2.21. The number of rotatable bonds is 8. The van der Waals surface area contributed by atoms with Gasteiger partial charge in [0.15, 0.2) is 11.3 Å². The molecule has 0 aliphatic carbocycles. The van der Waals surface area contributed by atoms with Gasteiger partial charge in [0.2, 0.25) is 5.62 Å². The summed E-state index contributed by atoms with van der Waals surface area (Å²) in [5.41, 5.74) is 3.01. The minimum atomic E-state index is -1.23. The van der Waals surface area contributed by atoms with Crippen LogP contribution in [0.25, 0.3) is 11.0 Å². The Balaban J connectivity index is 2.31. The number of carboxylic acids is 1. The maximum atomic E-state index is 11.4. The van der Waals surface area contributed by atoms with Crippen LogP contribution in [0.3, 0.4) is 0 Å². The quantitative estimate of drug-likeness (QED) is 0.336. The first-order chi connectivity index (χ1) is 15.2. The molecular weight excluding hydrogens is 412 g/mol. The van der Waals surface area contributed by atoms with Crippen molar-refractivity contribution in [2.45, 2.75) is 59.0 Å². The monoisotopic (exact) mass is 442 g/mol. The molecule has 0 bridgehead atoms. The molecule has 0 saturated carbocycles. The molecule has 10 heteroatoms. The van der Waals surface area contributed by atoms with Gasteiger partial charge in [-0.15, -0.1) is 0 Å². The van der Waals surface area contributed by atoms with E-state index in [9.17, 15) is 20.1 Å². The van der Waals surface area contributed by atoms with E-state index in [1.54, 1.807) is 6.07 Å². The summed E-state index contributed by atoms with van der Waals surface area (Å²) in [6, 6.07) is 3.93. The fourth-order valence-electron chi connectivity index (χ4n) is 3.48. The van der Waals surface area contributed by atoms with Crippen molar-refractivity contribution in [2.75, 3.05) is 11.9 Å². The lowest BCUT2D eigenvalue weighted by Gasteiger charge is -2.18. The number of aromatic amines is 1. The molecular formula is C22H30N6O4. The lowest BCUT2D eigenvalue weighted by Crippen LogP contribution is -2.30. The molecule has 3 rings (SSSR count). The van der Waals surface area contributed by atoms with Gasteiger partial charge in [-0.3, -0.25) is 5.10 Å². The Morgan fingerprint density at radius 3 is 2.56 bits per heavy atom. The molecule has 32 heavy (non-hydrogen) atoms. The number of hydrogen-bond donors (Lipinski definition) is 5. The number of benzene rings is 1. The normalized spacial score (nSPS) is 13.3. The standard InChI is InChI=1S/C22H30N6O4/c1-6-13(10-29)24-22-25-20(23-14-7-8-16(30)15(9-14)21(31)32)18-19(28(22)12(4)5)17(11(2)3)26-27-18/h7-9,11-13,29-30H,6,10H2,1-5H3,(H,26,27)(H,31,32)(H,23,24,25). The predicted octanol–water partition coefficient (Wildman–Crippen LogP) is 3.28. The topological polar surface area (TPSA) is 149 Å². The van der Waals surface area contributed by atoms with Crippen molar-refractivity contribution in [3.8, 4) is 5.75 Å². The van der Waals surface area contributed by atoms with Crippen molar-refractivity contribution in [3.05, 3.63) is 35.1 Å². The first-order valence-corrected chi connectivity index (χ1v) is 10.7. The first kappa shape index (κ1) is 23.3. The molecule has 0 fully saturated rings. The van der Waals surface area contributed by atoms with E-state index in [4.69, 9.17) is 9.98 Å². The van der Waals surface area contributed by atoms with E-state index < -0.39 is 5.97 Å². The van der Waals surface area contributed by atoms with Crippen molar-refractivity contribution in [3.63, 3.8) is 0 Å². The van der Waals surface area contributed by atoms with Crippen LogP contribution in [0.15, 0.2) is 23.2 Å². The summed E-state index contributed by atoms with van der Waals surface area (Å²) in [6.45, 7) is 10.0. The highest BCUT2D eigenvalue weighted by molar-refractivity contribution is 5.93. The molecule has 0 radical (unpaired) electrons. The number of aromatic hydroxyl groups is 1. The number of aliphatic hydroxyl groups is 1. The van der Waals surface area contributed by atoms with Gasteiger partial charge >= 0.3 is 5.97 Å². The van der Waals surface area contributed by atoms with Crippen molar-refractivity contribution >= 4 is 28.5 Å². The Morgan fingerprint density at radius 1 is 1.28 bits per heavy atom. The van der Waals surface area contributed by atoms with Crippen LogP contribution in [0.2, 0.25) is 0 Å². The van der Waals surface area contributed by atoms with Gasteiger partial charge in [0.1, 0.15) is 11.3 Å². The number of hydrogen-bond acceptors (Lipinski definition) is 7. The second kappa shape index (κ2) is 9.39. The number of aromatic carboxylic acids is 1. The Bertz CT molecular complexity index is 1190. The third-order valence-electron chi connectivity index (χ3n) is 5.22. The molecule has 0 aliphatic rings. The molecule has 3 aromatic rings. The number of H-pyrrole nitrogens is 1. The molecule has 2 heterocycles. The summed E-state index contributed by atoms with van der Waals surface area (Å²) in [5, 5.41) is 39.6. The van der Waals surface area contributed by atoms with Crippen molar-refractivity contribution < 1.29 is 20.1 Å². The zero-order valence-electron chi connectivity index (χ0n) is 18.9. The number of phenols is 1. The van der Waals surface area contributed by atoms with Crippen molar-refractivity contribution in [2.24, 2.45) is 4.99 Å². The highest BCUT2D eigenvalue weighted by Crippen LogP contribution is 2.30. The lowest BCUT2D eigenvalue weighted by molar-refractivity contribution is 0.0693. The van der Waals surface area contributed by atoms with E-state index in [2.05, 4.69) is 29.4 Å². The van der Waals surface area contributed by atoms with Crippen LogP contribution in [-0.4, -0.2) is 53.7 Å². The number of carbonyl (C=O) groups is 1. The predicted molar refractivity (Wildman–Crippen MR) is 121 cm³/mol. The summed E-state index contributed by atoms with van der Waals surface area (Å²) < 4.78 is 2.00. The van der Waals surface area contributed by atoms with Crippen LogP contribution < -0.4 is 10.9 Å². The number of nitrogens with one attached hydrogen (secondary N) is 2. The zero-order valence-corrected chi connectivity index (χ0v) is 18.9. The van der Waals surface area contributed by atoms with Gasteiger partial charge in [-0.2, -0.15) is 10.1 Å². The summed E-state index contributed by atoms with van der Waals surface area (Å²) in [5.74, 6) is -1.01. The van der Waals surface area contributed by atoms with Gasteiger partial charge in [-0.1, -0.05) is 20.8 Å². The number of fused-ring (bicyclic) bond motifs is 1. The summed E-state index contributed by atoms with van der Waals surface area (Å²) in [6.07, 6.45) is 0.652. The fourth-order valence-corrected chi connectivity index (χ4v) is 3.48. The van der Waals surface area contributed by atoms with E-state index in [1.807, 2.05) is 25.3 Å². The average Bonchev–Trinajstić information content (AvgIpc) is 3.18. The summed E-state index contributed by atoms with van der Waals surface area (Å²) in [7, 11) is 0. The van der Waals surface area contributed by atoms with Gasteiger partial charge in [0, 0.05) is 11.7 Å². The molecule has 1 unspecified atom stereocenters.